The zero-order valence-electron chi connectivity index (χ0n) is 15.4. The summed E-state index contributed by atoms with van der Waals surface area (Å²) in [6.45, 7) is 2.07. The van der Waals surface area contributed by atoms with E-state index in [1.54, 1.807) is 12.1 Å². The van der Waals surface area contributed by atoms with Crippen LogP contribution in [0.1, 0.15) is 36.5 Å². The van der Waals surface area contributed by atoms with Crippen LogP contribution in [0.5, 0.6) is 0 Å². The quantitative estimate of drug-likeness (QED) is 0.638. The van der Waals surface area contributed by atoms with E-state index in [1.807, 2.05) is 60.7 Å². The van der Waals surface area contributed by atoms with Gasteiger partial charge in [0.2, 0.25) is 5.91 Å². The fraction of sp³-hybridized carbons (Fsp3) is 0.217. The number of carbonyl (C=O) groups is 2. The van der Waals surface area contributed by atoms with Gasteiger partial charge in [-0.15, -0.1) is 0 Å². The van der Waals surface area contributed by atoms with Crippen LogP contribution < -0.4 is 10.6 Å². The first-order chi connectivity index (χ1) is 13.2. The molecule has 0 bridgehead atoms. The lowest BCUT2D eigenvalue weighted by atomic mass is 10.1. The van der Waals surface area contributed by atoms with Crippen molar-refractivity contribution >= 4 is 28.3 Å². The number of carbonyl (C=O) groups excluding carboxylic acids is 2. The molecule has 3 rings (SSSR count). The Labute approximate surface area is 159 Å². The van der Waals surface area contributed by atoms with Gasteiger partial charge in [-0.3, -0.25) is 9.59 Å². The molecular formula is C23H24N2O2. The van der Waals surface area contributed by atoms with E-state index in [1.165, 1.54) is 0 Å². The average Bonchev–Trinajstić information content (AvgIpc) is 2.71. The van der Waals surface area contributed by atoms with E-state index in [2.05, 4.69) is 17.6 Å². The number of rotatable bonds is 7. The molecule has 4 heteroatoms. The van der Waals surface area contributed by atoms with Crippen molar-refractivity contribution in [2.75, 3.05) is 5.32 Å². The molecule has 0 saturated carbocycles. The first-order valence-corrected chi connectivity index (χ1v) is 9.33. The number of nitrogens with one attached hydrogen (secondary N) is 2. The van der Waals surface area contributed by atoms with Gasteiger partial charge in [-0.2, -0.15) is 0 Å². The van der Waals surface area contributed by atoms with Gasteiger partial charge in [0.1, 0.15) is 6.04 Å². The Morgan fingerprint density at radius 2 is 1.59 bits per heavy atom. The van der Waals surface area contributed by atoms with Gasteiger partial charge in [-0.1, -0.05) is 74.4 Å². The zero-order chi connectivity index (χ0) is 19.1. The molecule has 0 spiro atoms. The number of amides is 2. The molecule has 2 N–H and O–H groups in total. The molecule has 4 nitrogen and oxygen atoms in total. The monoisotopic (exact) mass is 360 g/mol. The van der Waals surface area contributed by atoms with E-state index in [0.717, 1.165) is 29.3 Å². The van der Waals surface area contributed by atoms with Crippen molar-refractivity contribution in [1.29, 1.82) is 0 Å². The molecule has 1 unspecified atom stereocenters. The summed E-state index contributed by atoms with van der Waals surface area (Å²) >= 11 is 0. The van der Waals surface area contributed by atoms with Crippen LogP contribution in [0.2, 0.25) is 0 Å². The molecule has 0 aliphatic heterocycles. The number of unbranched alkanes of at least 4 members (excludes halogenated alkanes) is 1. The van der Waals surface area contributed by atoms with Crippen molar-refractivity contribution in [3.8, 4) is 0 Å². The third-order valence-electron chi connectivity index (χ3n) is 4.55. The van der Waals surface area contributed by atoms with Crippen LogP contribution in [0.4, 0.5) is 5.69 Å². The topological polar surface area (TPSA) is 58.2 Å². The van der Waals surface area contributed by atoms with E-state index in [-0.39, 0.29) is 11.8 Å². The van der Waals surface area contributed by atoms with Crippen molar-refractivity contribution in [2.24, 2.45) is 0 Å². The van der Waals surface area contributed by atoms with Crippen LogP contribution >= 0.6 is 0 Å². The fourth-order valence-corrected chi connectivity index (χ4v) is 3.06. The third-order valence-corrected chi connectivity index (χ3v) is 4.55. The molecule has 3 aromatic rings. The van der Waals surface area contributed by atoms with E-state index in [9.17, 15) is 9.59 Å². The van der Waals surface area contributed by atoms with Gasteiger partial charge >= 0.3 is 0 Å². The average molecular weight is 360 g/mol. The molecular weight excluding hydrogens is 336 g/mol. The molecule has 3 aromatic carbocycles. The lowest BCUT2D eigenvalue weighted by Gasteiger charge is -2.19. The summed E-state index contributed by atoms with van der Waals surface area (Å²) in [5.74, 6) is -0.422. The summed E-state index contributed by atoms with van der Waals surface area (Å²) in [5, 5.41) is 7.93. The summed E-state index contributed by atoms with van der Waals surface area (Å²) in [6.07, 6.45) is 2.42. The van der Waals surface area contributed by atoms with Crippen LogP contribution in [-0.4, -0.2) is 17.9 Å². The molecule has 0 radical (unpaired) electrons. The molecule has 2 amide bonds. The molecule has 0 heterocycles. The Hall–Kier alpha value is -3.14. The second-order valence-electron chi connectivity index (χ2n) is 6.55. The van der Waals surface area contributed by atoms with Gasteiger partial charge < -0.3 is 10.6 Å². The van der Waals surface area contributed by atoms with Crippen LogP contribution in [0.25, 0.3) is 10.8 Å². The maximum atomic E-state index is 12.9. The zero-order valence-corrected chi connectivity index (χ0v) is 15.4. The van der Waals surface area contributed by atoms with Crippen molar-refractivity contribution in [3.63, 3.8) is 0 Å². The largest absolute Gasteiger partial charge is 0.340 e. The smallest absolute Gasteiger partial charge is 0.251 e. The standard InChI is InChI=1S/C23H24N2O2/c1-2-3-15-21(25-22(26)18-11-5-4-6-12-18)23(27)24-20-16-9-13-17-10-7-8-14-19(17)20/h4-14,16,21H,2-3,15H2,1H3,(H,24,27)(H,25,26). The molecule has 0 saturated heterocycles. The summed E-state index contributed by atoms with van der Waals surface area (Å²) in [5.41, 5.74) is 1.31. The Morgan fingerprint density at radius 1 is 0.889 bits per heavy atom. The minimum atomic E-state index is -0.573. The van der Waals surface area contributed by atoms with Gasteiger partial charge in [0, 0.05) is 16.6 Å². The highest BCUT2D eigenvalue weighted by Crippen LogP contribution is 2.23. The van der Waals surface area contributed by atoms with Crippen molar-refractivity contribution < 1.29 is 9.59 Å². The second-order valence-corrected chi connectivity index (χ2v) is 6.55. The normalized spacial score (nSPS) is 11.7. The van der Waals surface area contributed by atoms with E-state index < -0.39 is 6.04 Å². The molecule has 0 fully saturated rings. The van der Waals surface area contributed by atoms with Crippen molar-refractivity contribution in [1.82, 2.24) is 5.32 Å². The highest BCUT2D eigenvalue weighted by molar-refractivity contribution is 6.05. The lowest BCUT2D eigenvalue weighted by Crippen LogP contribution is -2.43. The Bertz CT molecular complexity index is 917. The van der Waals surface area contributed by atoms with Crippen molar-refractivity contribution in [3.05, 3.63) is 78.4 Å². The first kappa shape index (κ1) is 18.6. The number of hydrogen-bond donors (Lipinski definition) is 2. The van der Waals surface area contributed by atoms with Crippen LogP contribution in [0.3, 0.4) is 0 Å². The minimum Gasteiger partial charge on any atom is -0.340 e. The molecule has 0 aliphatic rings. The van der Waals surface area contributed by atoms with Gasteiger partial charge in [0.05, 0.1) is 0 Å². The fourth-order valence-electron chi connectivity index (χ4n) is 3.06. The van der Waals surface area contributed by atoms with E-state index in [0.29, 0.717) is 12.0 Å². The van der Waals surface area contributed by atoms with Gasteiger partial charge in [-0.05, 0) is 30.0 Å². The maximum Gasteiger partial charge on any atom is 0.251 e. The maximum absolute atomic E-state index is 12.9. The Kier molecular flexibility index (Phi) is 6.21. The molecule has 138 valence electrons. The van der Waals surface area contributed by atoms with Crippen molar-refractivity contribution in [2.45, 2.75) is 32.2 Å². The van der Waals surface area contributed by atoms with Crippen LogP contribution in [-0.2, 0) is 4.79 Å². The first-order valence-electron chi connectivity index (χ1n) is 9.33. The van der Waals surface area contributed by atoms with Crippen LogP contribution in [0, 0.1) is 0 Å². The minimum absolute atomic E-state index is 0.191. The highest BCUT2D eigenvalue weighted by atomic mass is 16.2. The second kappa shape index (κ2) is 8.99. The highest BCUT2D eigenvalue weighted by Gasteiger charge is 2.21. The summed E-state index contributed by atoms with van der Waals surface area (Å²) in [7, 11) is 0. The summed E-state index contributed by atoms with van der Waals surface area (Å²) < 4.78 is 0. The van der Waals surface area contributed by atoms with Gasteiger partial charge in [0.25, 0.3) is 5.91 Å². The number of hydrogen-bond acceptors (Lipinski definition) is 2. The predicted molar refractivity (Wildman–Crippen MR) is 110 cm³/mol. The SMILES string of the molecule is CCCCC(NC(=O)c1ccccc1)C(=O)Nc1cccc2ccccc12. The number of fused-ring (bicyclic) bond motifs is 1. The molecule has 0 aliphatic carbocycles. The van der Waals surface area contributed by atoms with Crippen LogP contribution in [0.15, 0.2) is 72.8 Å². The summed E-state index contributed by atoms with van der Waals surface area (Å²) in [4.78, 5) is 25.4. The Balaban J connectivity index is 1.77. The molecule has 1 atom stereocenters. The summed E-state index contributed by atoms with van der Waals surface area (Å²) in [6, 6.07) is 22.1. The molecule has 0 aromatic heterocycles. The Morgan fingerprint density at radius 3 is 2.37 bits per heavy atom. The lowest BCUT2D eigenvalue weighted by molar-refractivity contribution is -0.118. The number of benzene rings is 3. The van der Waals surface area contributed by atoms with E-state index >= 15 is 0 Å². The molecule has 27 heavy (non-hydrogen) atoms. The third kappa shape index (κ3) is 4.73. The predicted octanol–water partition coefficient (Wildman–Crippen LogP) is 4.77. The van der Waals surface area contributed by atoms with Gasteiger partial charge in [0.15, 0.2) is 0 Å². The van der Waals surface area contributed by atoms with Gasteiger partial charge in [-0.25, -0.2) is 0 Å². The number of anilines is 1. The van der Waals surface area contributed by atoms with E-state index in [4.69, 9.17) is 0 Å².